The molecule has 156 valence electrons. The number of nitrogens with zero attached hydrogens (tertiary/aromatic N) is 4. The first kappa shape index (κ1) is 20.4. The number of benzene rings is 1. The Labute approximate surface area is 176 Å². The Morgan fingerprint density at radius 3 is 2.53 bits per heavy atom. The smallest absolute Gasteiger partial charge is 0.271 e. The number of nitriles is 1. The highest BCUT2D eigenvalue weighted by molar-refractivity contribution is 7.90. The maximum Gasteiger partial charge on any atom is 0.271 e. The molecule has 2 aromatic heterocycles. The van der Waals surface area contributed by atoms with Crippen LogP contribution in [0.5, 0.6) is 0 Å². The summed E-state index contributed by atoms with van der Waals surface area (Å²) in [4.78, 5) is 6.51. The monoisotopic (exact) mass is 424 g/mol. The lowest BCUT2D eigenvalue weighted by atomic mass is 9.86. The molecule has 0 radical (unpaired) electrons. The Kier molecular flexibility index (Phi) is 5.50. The van der Waals surface area contributed by atoms with Crippen molar-refractivity contribution in [3.63, 3.8) is 0 Å². The molecule has 0 spiro atoms. The van der Waals surface area contributed by atoms with Crippen LogP contribution in [-0.4, -0.2) is 42.2 Å². The molecule has 30 heavy (non-hydrogen) atoms. The second-order valence-corrected chi connectivity index (χ2v) is 9.59. The largest absolute Gasteiger partial charge is 0.396 e. The van der Waals surface area contributed by atoms with E-state index in [-0.39, 0.29) is 17.5 Å². The number of aliphatic hydroxyl groups excluding tert-OH is 1. The Hall–Kier alpha value is -2.89. The van der Waals surface area contributed by atoms with Crippen molar-refractivity contribution >= 4 is 26.9 Å². The Balaban J connectivity index is 1.85. The quantitative estimate of drug-likeness (QED) is 0.676. The third-order valence-corrected chi connectivity index (χ3v) is 7.68. The van der Waals surface area contributed by atoms with Gasteiger partial charge in [-0.05, 0) is 55.9 Å². The summed E-state index contributed by atoms with van der Waals surface area (Å²) < 4.78 is 28.4. The number of rotatable bonds is 5. The van der Waals surface area contributed by atoms with E-state index in [1.54, 1.807) is 42.5 Å². The SMILES string of the molecule is CN(c1cc2cc(C#N)cnc2n1S(=O)(=O)c1ccccc1)C1CCC(CO)CC1. The van der Waals surface area contributed by atoms with Crippen molar-refractivity contribution in [2.75, 3.05) is 18.6 Å². The van der Waals surface area contributed by atoms with Crippen molar-refractivity contribution in [1.82, 2.24) is 8.96 Å². The fourth-order valence-corrected chi connectivity index (χ4v) is 5.72. The highest BCUT2D eigenvalue weighted by Crippen LogP contribution is 2.34. The number of hydrogen-bond donors (Lipinski definition) is 1. The lowest BCUT2D eigenvalue weighted by Gasteiger charge is -2.35. The van der Waals surface area contributed by atoms with Crippen molar-refractivity contribution in [3.8, 4) is 6.07 Å². The first-order chi connectivity index (χ1) is 14.5. The molecule has 7 nitrogen and oxygen atoms in total. The van der Waals surface area contributed by atoms with Crippen molar-refractivity contribution in [2.45, 2.75) is 36.6 Å². The van der Waals surface area contributed by atoms with E-state index in [0.717, 1.165) is 25.7 Å². The van der Waals surface area contributed by atoms with Gasteiger partial charge in [-0.15, -0.1) is 0 Å². The van der Waals surface area contributed by atoms with Gasteiger partial charge in [0.2, 0.25) is 0 Å². The van der Waals surface area contributed by atoms with Gasteiger partial charge in [-0.3, -0.25) is 0 Å². The van der Waals surface area contributed by atoms with E-state index >= 15 is 0 Å². The van der Waals surface area contributed by atoms with Crippen molar-refractivity contribution in [3.05, 3.63) is 54.2 Å². The van der Waals surface area contributed by atoms with Crippen LogP contribution in [0.4, 0.5) is 5.82 Å². The summed E-state index contributed by atoms with van der Waals surface area (Å²) in [7, 11) is -1.98. The predicted molar refractivity (Wildman–Crippen MR) is 115 cm³/mol. The minimum atomic E-state index is -3.88. The molecule has 1 aliphatic rings. The number of aliphatic hydroxyl groups is 1. The zero-order valence-corrected chi connectivity index (χ0v) is 17.6. The van der Waals surface area contributed by atoms with Crippen molar-refractivity contribution in [1.29, 1.82) is 5.26 Å². The maximum atomic E-state index is 13.6. The van der Waals surface area contributed by atoms with Crippen LogP contribution in [0.2, 0.25) is 0 Å². The summed E-state index contributed by atoms with van der Waals surface area (Å²) in [5, 5.41) is 19.3. The van der Waals surface area contributed by atoms with Gasteiger partial charge in [0, 0.05) is 31.3 Å². The molecule has 0 saturated heterocycles. The molecule has 0 atom stereocenters. The molecule has 0 aliphatic heterocycles. The average Bonchev–Trinajstić information content (AvgIpc) is 3.18. The predicted octanol–water partition coefficient (Wildman–Crippen LogP) is 3.13. The summed E-state index contributed by atoms with van der Waals surface area (Å²) in [6, 6.07) is 14.0. The van der Waals surface area contributed by atoms with Crippen LogP contribution >= 0.6 is 0 Å². The molecule has 0 unspecified atom stereocenters. The van der Waals surface area contributed by atoms with Gasteiger partial charge in [0.15, 0.2) is 5.65 Å². The van der Waals surface area contributed by atoms with Gasteiger partial charge in [0.1, 0.15) is 11.9 Å². The van der Waals surface area contributed by atoms with Crippen molar-refractivity contribution in [2.24, 2.45) is 5.92 Å². The van der Waals surface area contributed by atoms with Gasteiger partial charge in [0.05, 0.1) is 10.5 Å². The first-order valence-corrected chi connectivity index (χ1v) is 11.5. The topological polar surface area (TPSA) is 99.2 Å². The number of hydrogen-bond acceptors (Lipinski definition) is 6. The Morgan fingerprint density at radius 1 is 1.20 bits per heavy atom. The van der Waals surface area contributed by atoms with Crippen LogP contribution in [0.1, 0.15) is 31.2 Å². The average molecular weight is 425 g/mol. The molecule has 0 bridgehead atoms. The number of aromatic nitrogens is 2. The van der Waals surface area contributed by atoms with Gasteiger partial charge in [0.25, 0.3) is 10.0 Å². The standard InChI is InChI=1S/C22H24N4O3S/c1-25(19-9-7-16(15-27)8-10-19)21-12-18-11-17(13-23)14-24-22(18)26(21)30(28,29)20-5-3-2-4-6-20/h2-6,11-12,14,16,19,27H,7-10,15H2,1H3. The number of fused-ring (bicyclic) bond motifs is 1. The summed E-state index contributed by atoms with van der Waals surface area (Å²) in [6.45, 7) is 0.194. The van der Waals surface area contributed by atoms with Crippen LogP contribution in [-0.2, 0) is 10.0 Å². The molecule has 1 N–H and O–H groups in total. The lowest BCUT2D eigenvalue weighted by molar-refractivity contribution is 0.182. The van der Waals surface area contributed by atoms with Crippen LogP contribution in [0.3, 0.4) is 0 Å². The van der Waals surface area contributed by atoms with Crippen LogP contribution in [0.15, 0.2) is 53.6 Å². The molecule has 1 saturated carbocycles. The minimum absolute atomic E-state index is 0.164. The van der Waals surface area contributed by atoms with E-state index in [9.17, 15) is 18.8 Å². The fourth-order valence-electron chi connectivity index (χ4n) is 4.20. The molecule has 4 rings (SSSR count). The Bertz CT molecular complexity index is 1190. The van der Waals surface area contributed by atoms with Gasteiger partial charge in [-0.1, -0.05) is 18.2 Å². The highest BCUT2D eigenvalue weighted by Gasteiger charge is 2.30. The van der Waals surface area contributed by atoms with E-state index in [2.05, 4.69) is 11.1 Å². The fraction of sp³-hybridized carbons (Fsp3) is 0.364. The highest BCUT2D eigenvalue weighted by atomic mass is 32.2. The molecule has 8 heteroatoms. The van der Waals surface area contributed by atoms with Gasteiger partial charge < -0.3 is 10.0 Å². The van der Waals surface area contributed by atoms with Crippen LogP contribution < -0.4 is 4.90 Å². The zero-order valence-electron chi connectivity index (χ0n) is 16.8. The van der Waals surface area contributed by atoms with E-state index in [1.165, 1.54) is 10.2 Å². The van der Waals surface area contributed by atoms with Gasteiger partial charge >= 0.3 is 0 Å². The molecule has 0 amide bonds. The van der Waals surface area contributed by atoms with E-state index in [0.29, 0.717) is 28.3 Å². The lowest BCUT2D eigenvalue weighted by Crippen LogP contribution is -2.37. The molecule has 1 aromatic carbocycles. The number of pyridine rings is 1. The van der Waals surface area contributed by atoms with Gasteiger partial charge in [-0.2, -0.15) is 5.26 Å². The maximum absolute atomic E-state index is 13.6. The molecular formula is C22H24N4O3S. The minimum Gasteiger partial charge on any atom is -0.396 e. The second-order valence-electron chi connectivity index (χ2n) is 7.80. The second kappa shape index (κ2) is 8.09. The molecule has 1 aliphatic carbocycles. The molecular weight excluding hydrogens is 400 g/mol. The normalized spacial score (nSPS) is 19.5. The van der Waals surface area contributed by atoms with Crippen LogP contribution in [0, 0.1) is 17.2 Å². The van der Waals surface area contributed by atoms with E-state index < -0.39 is 10.0 Å². The third kappa shape index (κ3) is 3.55. The number of anilines is 1. The van der Waals surface area contributed by atoms with E-state index in [1.807, 2.05) is 11.9 Å². The van der Waals surface area contributed by atoms with Crippen LogP contribution in [0.25, 0.3) is 11.0 Å². The summed E-state index contributed by atoms with van der Waals surface area (Å²) in [6.07, 6.45) is 4.98. The summed E-state index contributed by atoms with van der Waals surface area (Å²) in [5.41, 5.74) is 0.693. The Morgan fingerprint density at radius 2 is 1.90 bits per heavy atom. The first-order valence-electron chi connectivity index (χ1n) is 10.0. The summed E-state index contributed by atoms with van der Waals surface area (Å²) >= 11 is 0. The van der Waals surface area contributed by atoms with Gasteiger partial charge in [-0.25, -0.2) is 17.4 Å². The summed E-state index contributed by atoms with van der Waals surface area (Å²) in [5.74, 6) is 0.845. The van der Waals surface area contributed by atoms with E-state index in [4.69, 9.17) is 0 Å². The molecule has 1 fully saturated rings. The molecule has 2 heterocycles. The zero-order chi connectivity index (χ0) is 21.3. The molecule has 3 aromatic rings. The van der Waals surface area contributed by atoms with Crippen molar-refractivity contribution < 1.29 is 13.5 Å². The third-order valence-electron chi connectivity index (χ3n) is 5.97.